The van der Waals surface area contributed by atoms with Crippen molar-refractivity contribution in [1.29, 1.82) is 0 Å². The first-order valence-electron chi connectivity index (χ1n) is 6.52. The van der Waals surface area contributed by atoms with Gasteiger partial charge in [-0.05, 0) is 60.7 Å². The fourth-order valence-corrected chi connectivity index (χ4v) is 3.02. The van der Waals surface area contributed by atoms with Gasteiger partial charge in [0.1, 0.15) is 11.5 Å². The summed E-state index contributed by atoms with van der Waals surface area (Å²) in [7, 11) is -4.34. The maximum Gasteiger partial charge on any atom is 0.356 e. The molecule has 2 rings (SSSR count). The molecule has 0 aliphatic rings. The molecule has 112 valence electrons. The van der Waals surface area contributed by atoms with Crippen molar-refractivity contribution in [2.24, 2.45) is 0 Å². The molecule has 0 aliphatic heterocycles. The lowest BCUT2D eigenvalue weighted by Gasteiger charge is -2.11. The molecule has 0 radical (unpaired) electrons. The maximum absolute atomic E-state index is 11.4. The minimum atomic E-state index is -4.34. The topological polar surface area (TPSA) is 98.0 Å². The Hall–Kier alpha value is -1.81. The molecule has 6 heteroatoms. The van der Waals surface area contributed by atoms with Gasteiger partial charge in [0.15, 0.2) is 0 Å². The summed E-state index contributed by atoms with van der Waals surface area (Å²) in [5.74, 6) is 0.197. The fourth-order valence-electron chi connectivity index (χ4n) is 2.20. The molecule has 5 nitrogen and oxygen atoms in total. The number of rotatable bonds is 5. The second-order valence-corrected chi connectivity index (χ2v) is 6.45. The number of aromatic hydroxyl groups is 2. The second-order valence-electron chi connectivity index (χ2n) is 4.88. The highest BCUT2D eigenvalue weighted by molar-refractivity contribution is 7.60. The molecule has 0 saturated carbocycles. The summed E-state index contributed by atoms with van der Waals surface area (Å²) in [5, 5.41) is 18.6. The minimum Gasteiger partial charge on any atom is -0.508 e. The molecule has 0 fully saturated rings. The van der Waals surface area contributed by atoms with Gasteiger partial charge in [-0.3, -0.25) is 4.57 Å². The lowest BCUT2D eigenvalue weighted by molar-refractivity contribution is 0.387. The quantitative estimate of drug-likeness (QED) is 0.634. The molecule has 0 heterocycles. The van der Waals surface area contributed by atoms with Crippen LogP contribution in [0.5, 0.6) is 11.5 Å². The van der Waals surface area contributed by atoms with Crippen LogP contribution in [0.25, 0.3) is 0 Å². The third-order valence-corrected chi connectivity index (χ3v) is 4.29. The Morgan fingerprint density at radius 2 is 1.48 bits per heavy atom. The summed E-state index contributed by atoms with van der Waals surface area (Å²) in [5.41, 5.74) is 1.49. The fraction of sp³-hybridized carbons (Fsp3) is 0.200. The zero-order valence-electron chi connectivity index (χ0n) is 11.3. The Morgan fingerprint density at radius 1 is 0.857 bits per heavy atom. The van der Waals surface area contributed by atoms with Crippen molar-refractivity contribution in [3.05, 3.63) is 53.6 Å². The van der Waals surface area contributed by atoms with Gasteiger partial charge in [-0.1, -0.05) is 12.1 Å². The Morgan fingerprint density at radius 3 is 2.10 bits per heavy atom. The van der Waals surface area contributed by atoms with Gasteiger partial charge in [0.05, 0.1) is 5.30 Å². The van der Waals surface area contributed by atoms with Gasteiger partial charge in [0.25, 0.3) is 0 Å². The second kappa shape index (κ2) is 6.31. The highest BCUT2D eigenvalue weighted by atomic mass is 31.2. The van der Waals surface area contributed by atoms with Gasteiger partial charge in [-0.25, -0.2) is 0 Å². The highest BCUT2D eigenvalue weighted by Gasteiger charge is 2.21. The van der Waals surface area contributed by atoms with E-state index in [1.807, 2.05) is 12.1 Å². The highest BCUT2D eigenvalue weighted by Crippen LogP contribution is 2.36. The van der Waals surface area contributed by atoms with E-state index in [1.165, 1.54) is 18.2 Å². The molecule has 21 heavy (non-hydrogen) atoms. The van der Waals surface area contributed by atoms with Gasteiger partial charge < -0.3 is 20.0 Å². The summed E-state index contributed by atoms with van der Waals surface area (Å²) in [6, 6.07) is 10.8. The number of phenols is 2. The van der Waals surface area contributed by atoms with E-state index < -0.39 is 7.60 Å². The minimum absolute atomic E-state index is 0.00756. The van der Waals surface area contributed by atoms with Gasteiger partial charge in [0.2, 0.25) is 0 Å². The average molecular weight is 308 g/mol. The van der Waals surface area contributed by atoms with E-state index in [2.05, 4.69) is 0 Å². The van der Waals surface area contributed by atoms with Crippen molar-refractivity contribution in [3.8, 4) is 11.5 Å². The third-order valence-electron chi connectivity index (χ3n) is 3.22. The van der Waals surface area contributed by atoms with E-state index in [-0.39, 0.29) is 16.8 Å². The molecule has 0 saturated heterocycles. The van der Waals surface area contributed by atoms with E-state index in [1.54, 1.807) is 12.1 Å². The molecule has 0 amide bonds. The summed E-state index contributed by atoms with van der Waals surface area (Å²) in [6.07, 6.45) is 1.85. The van der Waals surface area contributed by atoms with Crippen molar-refractivity contribution < 1.29 is 24.6 Å². The summed E-state index contributed by atoms with van der Waals surface area (Å²) in [4.78, 5) is 18.6. The SMILES string of the molecule is O=P(O)(O)c1ccc(O)cc1CCCc1ccc(O)cc1. The predicted octanol–water partition coefficient (Wildman–Crippen LogP) is 2.08. The Labute approximate surface area is 122 Å². The summed E-state index contributed by atoms with van der Waals surface area (Å²) in [6.45, 7) is 0. The average Bonchev–Trinajstić information content (AvgIpc) is 2.40. The van der Waals surface area contributed by atoms with Gasteiger partial charge in [-0.15, -0.1) is 0 Å². The van der Waals surface area contributed by atoms with E-state index >= 15 is 0 Å². The predicted molar refractivity (Wildman–Crippen MR) is 79.9 cm³/mol. The molecule has 0 aliphatic carbocycles. The number of aryl methyl sites for hydroxylation is 2. The lowest BCUT2D eigenvalue weighted by Crippen LogP contribution is -2.11. The maximum atomic E-state index is 11.4. The molecule has 0 unspecified atom stereocenters. The Bertz CT molecular complexity index is 660. The van der Waals surface area contributed by atoms with Crippen LogP contribution >= 0.6 is 7.60 Å². The normalized spacial score (nSPS) is 11.5. The van der Waals surface area contributed by atoms with Crippen molar-refractivity contribution in [1.82, 2.24) is 0 Å². The van der Waals surface area contributed by atoms with E-state index in [4.69, 9.17) is 0 Å². The van der Waals surface area contributed by atoms with Crippen LogP contribution in [-0.2, 0) is 17.4 Å². The first-order valence-corrected chi connectivity index (χ1v) is 8.13. The molecule has 0 bridgehead atoms. The number of benzene rings is 2. The molecule has 0 spiro atoms. The van der Waals surface area contributed by atoms with Crippen molar-refractivity contribution >= 4 is 12.9 Å². The van der Waals surface area contributed by atoms with E-state index in [9.17, 15) is 24.6 Å². The summed E-state index contributed by atoms with van der Waals surface area (Å²) < 4.78 is 11.4. The number of hydrogen-bond acceptors (Lipinski definition) is 3. The molecule has 4 N–H and O–H groups in total. The molecule has 2 aromatic carbocycles. The van der Waals surface area contributed by atoms with Crippen LogP contribution in [0.15, 0.2) is 42.5 Å². The summed E-state index contributed by atoms with van der Waals surface area (Å²) >= 11 is 0. The van der Waals surface area contributed by atoms with Crippen LogP contribution in [0.4, 0.5) is 0 Å². The number of hydrogen-bond donors (Lipinski definition) is 4. The molecule has 0 aromatic heterocycles. The Kier molecular flexibility index (Phi) is 4.68. The largest absolute Gasteiger partial charge is 0.508 e. The van der Waals surface area contributed by atoms with Crippen molar-refractivity contribution in [3.63, 3.8) is 0 Å². The molecular formula is C15H17O5P. The van der Waals surface area contributed by atoms with Crippen LogP contribution in [0.2, 0.25) is 0 Å². The van der Waals surface area contributed by atoms with Crippen LogP contribution in [0.3, 0.4) is 0 Å². The van der Waals surface area contributed by atoms with Gasteiger partial charge in [0, 0.05) is 0 Å². The van der Waals surface area contributed by atoms with Crippen LogP contribution < -0.4 is 5.30 Å². The monoisotopic (exact) mass is 308 g/mol. The molecular weight excluding hydrogens is 291 g/mol. The smallest absolute Gasteiger partial charge is 0.356 e. The van der Waals surface area contributed by atoms with Crippen LogP contribution in [0, 0.1) is 0 Å². The van der Waals surface area contributed by atoms with Gasteiger partial charge >= 0.3 is 7.60 Å². The van der Waals surface area contributed by atoms with Gasteiger partial charge in [-0.2, -0.15) is 0 Å². The lowest BCUT2D eigenvalue weighted by atomic mass is 10.0. The first-order chi connectivity index (χ1) is 9.86. The zero-order valence-corrected chi connectivity index (χ0v) is 12.2. The molecule has 2 aromatic rings. The zero-order chi connectivity index (χ0) is 15.5. The first kappa shape index (κ1) is 15.6. The van der Waals surface area contributed by atoms with Crippen LogP contribution in [0.1, 0.15) is 17.5 Å². The van der Waals surface area contributed by atoms with E-state index in [0.717, 1.165) is 12.0 Å². The van der Waals surface area contributed by atoms with Crippen LogP contribution in [-0.4, -0.2) is 20.0 Å². The van der Waals surface area contributed by atoms with E-state index in [0.29, 0.717) is 18.4 Å². The molecule has 0 atom stereocenters. The van der Waals surface area contributed by atoms with Crippen molar-refractivity contribution in [2.45, 2.75) is 19.3 Å². The third kappa shape index (κ3) is 4.33. The Balaban J connectivity index is 2.07. The standard InChI is InChI=1S/C15H17O5P/c16-13-6-4-11(5-7-13)2-1-3-12-10-14(17)8-9-15(12)21(18,19)20/h4-10,16-17H,1-3H2,(H2,18,19,20). The van der Waals surface area contributed by atoms with Crippen molar-refractivity contribution in [2.75, 3.05) is 0 Å². The number of phenolic OH excluding ortho intramolecular Hbond substituents is 2.